The Morgan fingerprint density at radius 3 is 2.67 bits per heavy atom. The summed E-state index contributed by atoms with van der Waals surface area (Å²) in [5, 5.41) is 1.81. The normalized spacial score (nSPS) is 10.4. The highest BCUT2D eigenvalue weighted by atomic mass is 79.9. The minimum absolute atomic E-state index is 0.0348. The highest BCUT2D eigenvalue weighted by molar-refractivity contribution is 9.10. The molecule has 0 unspecified atom stereocenters. The Bertz CT molecular complexity index is 624. The van der Waals surface area contributed by atoms with Gasteiger partial charge in [-0.1, -0.05) is 0 Å². The maximum Gasteiger partial charge on any atom is 0.203 e. The first kappa shape index (κ1) is 16.0. The van der Waals surface area contributed by atoms with Crippen LogP contribution in [0.1, 0.15) is 15.2 Å². The molecule has 6 heteroatoms. The topological polar surface area (TPSA) is 44.8 Å². The molecule has 1 aromatic carbocycles. The van der Waals surface area contributed by atoms with E-state index in [0.29, 0.717) is 35.2 Å². The van der Waals surface area contributed by atoms with Crippen molar-refractivity contribution in [3.8, 4) is 11.5 Å². The second kappa shape index (κ2) is 7.59. The molecule has 1 heterocycles. The number of benzene rings is 1. The van der Waals surface area contributed by atoms with Crippen molar-refractivity contribution in [3.63, 3.8) is 0 Å². The van der Waals surface area contributed by atoms with Gasteiger partial charge in [0.2, 0.25) is 5.78 Å². The molecule has 0 N–H and O–H groups in total. The number of carbonyl (C=O) groups is 1. The smallest absolute Gasteiger partial charge is 0.203 e. The summed E-state index contributed by atoms with van der Waals surface area (Å²) in [6, 6.07) is 7.03. The second-order valence-electron chi connectivity index (χ2n) is 4.17. The molecule has 0 fully saturated rings. The predicted octanol–water partition coefficient (Wildman–Crippen LogP) is 3.78. The number of hydrogen-bond acceptors (Lipinski definition) is 5. The SMILES string of the molecule is COCCOc1ccc(C(=O)c2cc(OC)cs2)cc1Br. The van der Waals surface area contributed by atoms with Crippen LogP contribution in [0.2, 0.25) is 0 Å². The van der Waals surface area contributed by atoms with E-state index >= 15 is 0 Å². The van der Waals surface area contributed by atoms with Crippen LogP contribution in [0, 0.1) is 0 Å². The molecule has 0 atom stereocenters. The van der Waals surface area contributed by atoms with Crippen LogP contribution in [0.15, 0.2) is 34.1 Å². The molecule has 4 nitrogen and oxygen atoms in total. The van der Waals surface area contributed by atoms with Crippen LogP contribution in [-0.2, 0) is 4.74 Å². The molecule has 0 saturated heterocycles. The lowest BCUT2D eigenvalue weighted by molar-refractivity contribution is 0.104. The van der Waals surface area contributed by atoms with Crippen molar-refractivity contribution in [1.29, 1.82) is 0 Å². The number of thiophene rings is 1. The third kappa shape index (κ3) is 4.06. The maximum absolute atomic E-state index is 12.4. The standard InChI is InChI=1S/C15H15BrO4S/c1-18-5-6-20-13-4-3-10(7-12(13)16)15(17)14-8-11(19-2)9-21-14/h3-4,7-9H,5-6H2,1-2H3. The number of ketones is 1. The Balaban J connectivity index is 2.13. The van der Waals surface area contributed by atoms with Crippen molar-refractivity contribution in [2.75, 3.05) is 27.4 Å². The molecule has 21 heavy (non-hydrogen) atoms. The van der Waals surface area contributed by atoms with Gasteiger partial charge in [0.05, 0.1) is 23.1 Å². The Labute approximate surface area is 135 Å². The van der Waals surface area contributed by atoms with Gasteiger partial charge < -0.3 is 14.2 Å². The summed E-state index contributed by atoms with van der Waals surface area (Å²) in [5.41, 5.74) is 0.602. The lowest BCUT2D eigenvalue weighted by Crippen LogP contribution is -2.05. The minimum atomic E-state index is -0.0348. The van der Waals surface area contributed by atoms with Gasteiger partial charge in [-0.3, -0.25) is 4.79 Å². The quantitative estimate of drug-likeness (QED) is 0.549. The van der Waals surface area contributed by atoms with Crippen LogP contribution in [0.25, 0.3) is 0 Å². The van der Waals surface area contributed by atoms with Gasteiger partial charge in [-0.15, -0.1) is 11.3 Å². The van der Waals surface area contributed by atoms with Crippen LogP contribution in [0.4, 0.5) is 0 Å². The van der Waals surface area contributed by atoms with E-state index in [-0.39, 0.29) is 5.78 Å². The zero-order valence-corrected chi connectivity index (χ0v) is 14.1. The number of halogens is 1. The van der Waals surface area contributed by atoms with Crippen LogP contribution >= 0.6 is 27.3 Å². The Morgan fingerprint density at radius 2 is 2.05 bits per heavy atom. The second-order valence-corrected chi connectivity index (χ2v) is 5.93. The molecule has 0 aliphatic carbocycles. The van der Waals surface area contributed by atoms with Crippen molar-refractivity contribution in [2.24, 2.45) is 0 Å². The van der Waals surface area contributed by atoms with Crippen molar-refractivity contribution in [1.82, 2.24) is 0 Å². The predicted molar refractivity (Wildman–Crippen MR) is 85.8 cm³/mol. The molecular weight excluding hydrogens is 356 g/mol. The molecular formula is C15H15BrO4S. The van der Waals surface area contributed by atoms with Crippen LogP contribution < -0.4 is 9.47 Å². The first-order valence-corrected chi connectivity index (χ1v) is 7.91. The van der Waals surface area contributed by atoms with Gasteiger partial charge in [0.1, 0.15) is 18.1 Å². The fourth-order valence-electron chi connectivity index (χ4n) is 1.68. The van der Waals surface area contributed by atoms with Gasteiger partial charge in [-0.25, -0.2) is 0 Å². The third-order valence-electron chi connectivity index (χ3n) is 2.77. The molecule has 0 spiro atoms. The third-order valence-corrected chi connectivity index (χ3v) is 4.30. The van der Waals surface area contributed by atoms with Gasteiger partial charge in [-0.05, 0) is 34.1 Å². The van der Waals surface area contributed by atoms with E-state index < -0.39 is 0 Å². The first-order valence-electron chi connectivity index (χ1n) is 6.24. The molecule has 0 aliphatic rings. The fraction of sp³-hybridized carbons (Fsp3) is 0.267. The molecule has 2 rings (SSSR count). The lowest BCUT2D eigenvalue weighted by Gasteiger charge is -2.08. The van der Waals surface area contributed by atoms with Gasteiger partial charge in [0.25, 0.3) is 0 Å². The molecule has 0 amide bonds. The van der Waals surface area contributed by atoms with E-state index in [9.17, 15) is 4.79 Å². The van der Waals surface area contributed by atoms with Crippen molar-refractivity contribution < 1.29 is 19.0 Å². The summed E-state index contributed by atoms with van der Waals surface area (Å²) in [7, 11) is 3.20. The molecule has 0 saturated carbocycles. The number of methoxy groups -OCH3 is 2. The van der Waals surface area contributed by atoms with E-state index in [1.165, 1.54) is 11.3 Å². The van der Waals surface area contributed by atoms with Crippen molar-refractivity contribution >= 4 is 33.0 Å². The van der Waals surface area contributed by atoms with Crippen molar-refractivity contribution in [2.45, 2.75) is 0 Å². The highest BCUT2D eigenvalue weighted by Crippen LogP contribution is 2.29. The van der Waals surface area contributed by atoms with E-state index in [2.05, 4.69) is 15.9 Å². The summed E-state index contributed by atoms with van der Waals surface area (Å²) < 4.78 is 16.3. The summed E-state index contributed by atoms with van der Waals surface area (Å²) >= 11 is 4.79. The van der Waals surface area contributed by atoms with Gasteiger partial charge >= 0.3 is 0 Å². The van der Waals surface area contributed by atoms with Gasteiger partial charge in [0.15, 0.2) is 0 Å². The molecule has 0 bridgehead atoms. The van der Waals surface area contributed by atoms with E-state index in [1.807, 2.05) is 5.38 Å². The highest BCUT2D eigenvalue weighted by Gasteiger charge is 2.14. The van der Waals surface area contributed by atoms with Crippen LogP contribution in [-0.4, -0.2) is 33.2 Å². The number of rotatable bonds is 7. The average molecular weight is 371 g/mol. The number of ether oxygens (including phenoxy) is 3. The van der Waals surface area contributed by atoms with Gasteiger partial charge in [-0.2, -0.15) is 0 Å². The average Bonchev–Trinajstić information content (AvgIpc) is 2.97. The Kier molecular flexibility index (Phi) is 5.78. The first-order chi connectivity index (χ1) is 10.2. The molecule has 112 valence electrons. The zero-order chi connectivity index (χ0) is 15.2. The minimum Gasteiger partial charge on any atom is -0.496 e. The number of carbonyl (C=O) groups excluding carboxylic acids is 1. The Hall–Kier alpha value is -1.37. The van der Waals surface area contributed by atoms with Crippen molar-refractivity contribution in [3.05, 3.63) is 44.6 Å². The Morgan fingerprint density at radius 1 is 1.24 bits per heavy atom. The lowest BCUT2D eigenvalue weighted by atomic mass is 10.1. The maximum atomic E-state index is 12.4. The van der Waals surface area contributed by atoms with Gasteiger partial charge in [0, 0.05) is 24.1 Å². The molecule has 0 radical (unpaired) electrons. The van der Waals surface area contributed by atoms with E-state index in [1.54, 1.807) is 38.5 Å². The summed E-state index contributed by atoms with van der Waals surface area (Å²) in [5.74, 6) is 1.35. The number of hydrogen-bond donors (Lipinski definition) is 0. The van der Waals surface area contributed by atoms with E-state index in [4.69, 9.17) is 14.2 Å². The monoisotopic (exact) mass is 370 g/mol. The summed E-state index contributed by atoms with van der Waals surface area (Å²) in [6.45, 7) is 0.979. The molecule has 0 aliphatic heterocycles. The van der Waals surface area contributed by atoms with Crippen LogP contribution in [0.3, 0.4) is 0 Å². The zero-order valence-electron chi connectivity index (χ0n) is 11.7. The largest absolute Gasteiger partial charge is 0.496 e. The molecule has 2 aromatic rings. The van der Waals surface area contributed by atoms with E-state index in [0.717, 1.165) is 4.47 Å². The summed E-state index contributed by atoms with van der Waals surface area (Å²) in [4.78, 5) is 13.0. The molecule has 1 aromatic heterocycles. The van der Waals surface area contributed by atoms with Crippen LogP contribution in [0.5, 0.6) is 11.5 Å². The fourth-order valence-corrected chi connectivity index (χ4v) is 2.99. The summed E-state index contributed by atoms with van der Waals surface area (Å²) in [6.07, 6.45) is 0.